The lowest BCUT2D eigenvalue weighted by molar-refractivity contribution is 0.176. The first-order chi connectivity index (χ1) is 13.8. The topological polar surface area (TPSA) is 64.3 Å². The summed E-state index contributed by atoms with van der Waals surface area (Å²) in [6, 6.07) is 15.2. The van der Waals surface area contributed by atoms with E-state index in [0.717, 1.165) is 48.6 Å². The third-order valence-electron chi connectivity index (χ3n) is 6.00. The molecule has 0 unspecified atom stereocenters. The van der Waals surface area contributed by atoms with Gasteiger partial charge in [-0.2, -0.15) is 0 Å². The summed E-state index contributed by atoms with van der Waals surface area (Å²) in [5, 5.41) is 0.928. The predicted octanol–water partition coefficient (Wildman–Crippen LogP) is 4.09. The van der Waals surface area contributed by atoms with Crippen molar-refractivity contribution in [3.63, 3.8) is 0 Å². The Labute approximate surface area is 165 Å². The molecule has 0 amide bonds. The van der Waals surface area contributed by atoms with Gasteiger partial charge in [0.15, 0.2) is 0 Å². The number of nitrogens with zero attached hydrogens (tertiary/aromatic N) is 3. The average Bonchev–Trinajstić information content (AvgIpc) is 3.39. The molecule has 2 heterocycles. The van der Waals surface area contributed by atoms with Gasteiger partial charge >= 0.3 is 0 Å². The van der Waals surface area contributed by atoms with Gasteiger partial charge < -0.3 is 10.5 Å². The molecule has 1 aliphatic carbocycles. The lowest BCUT2D eigenvalue weighted by Gasteiger charge is -2.28. The fourth-order valence-corrected chi connectivity index (χ4v) is 4.56. The fourth-order valence-electron chi connectivity index (χ4n) is 4.56. The summed E-state index contributed by atoms with van der Waals surface area (Å²) in [4.78, 5) is 11.9. The molecule has 1 fully saturated rings. The molecule has 0 bridgehead atoms. The highest BCUT2D eigenvalue weighted by atomic mass is 16.5. The molecular weight excluding hydrogens is 348 g/mol. The number of anilines is 1. The van der Waals surface area contributed by atoms with Gasteiger partial charge in [0.1, 0.15) is 17.4 Å². The van der Waals surface area contributed by atoms with Crippen molar-refractivity contribution in [3.8, 4) is 5.75 Å². The first-order valence-electron chi connectivity index (χ1n) is 10.3. The molecule has 1 saturated carbocycles. The molecule has 3 aromatic rings. The summed E-state index contributed by atoms with van der Waals surface area (Å²) >= 11 is 0. The van der Waals surface area contributed by atoms with E-state index in [1.807, 2.05) is 24.3 Å². The van der Waals surface area contributed by atoms with Crippen LogP contribution < -0.4 is 10.5 Å². The van der Waals surface area contributed by atoms with Crippen LogP contribution in [-0.2, 0) is 19.5 Å². The van der Waals surface area contributed by atoms with E-state index in [-0.39, 0.29) is 0 Å². The third kappa shape index (κ3) is 3.42. The largest absolute Gasteiger partial charge is 0.493 e. The quantitative estimate of drug-likeness (QED) is 0.729. The number of nitrogens with two attached hydrogens (primary N) is 1. The molecule has 5 rings (SSSR count). The number of hydrogen-bond acceptors (Lipinski definition) is 5. The Hall–Kier alpha value is -2.66. The molecule has 1 aromatic heterocycles. The van der Waals surface area contributed by atoms with Crippen molar-refractivity contribution in [2.75, 3.05) is 12.3 Å². The maximum Gasteiger partial charge on any atom is 0.145 e. The minimum Gasteiger partial charge on any atom is -0.493 e. The highest BCUT2D eigenvalue weighted by Gasteiger charge is 2.24. The lowest BCUT2D eigenvalue weighted by atomic mass is 10.1. The molecule has 0 atom stereocenters. The second-order valence-corrected chi connectivity index (χ2v) is 7.93. The van der Waals surface area contributed by atoms with E-state index >= 15 is 0 Å². The van der Waals surface area contributed by atoms with Gasteiger partial charge in [0.25, 0.3) is 0 Å². The Morgan fingerprint density at radius 3 is 2.79 bits per heavy atom. The van der Waals surface area contributed by atoms with E-state index in [4.69, 9.17) is 15.5 Å². The van der Waals surface area contributed by atoms with Crippen LogP contribution in [0, 0.1) is 0 Å². The standard InChI is InChI=1S/C23H26N4O/c24-23-19-7-3-4-8-20(19)25-22(26-23)15-27(18-5-1-2-6-18)14-16-9-10-21-17(13-16)11-12-28-21/h3-4,7-10,13,18H,1-2,5-6,11-12,14-15H2,(H2,24,25,26). The second-order valence-electron chi connectivity index (χ2n) is 7.93. The minimum atomic E-state index is 0.571. The second kappa shape index (κ2) is 7.40. The van der Waals surface area contributed by atoms with Gasteiger partial charge in [0, 0.05) is 24.4 Å². The number of rotatable bonds is 5. The molecule has 0 spiro atoms. The van der Waals surface area contributed by atoms with E-state index in [9.17, 15) is 0 Å². The lowest BCUT2D eigenvalue weighted by Crippen LogP contribution is -2.33. The van der Waals surface area contributed by atoms with Crippen LogP contribution in [0.5, 0.6) is 5.75 Å². The molecule has 1 aliphatic heterocycles. The molecule has 2 N–H and O–H groups in total. The van der Waals surface area contributed by atoms with Crippen molar-refractivity contribution in [3.05, 3.63) is 59.4 Å². The van der Waals surface area contributed by atoms with E-state index in [0.29, 0.717) is 11.9 Å². The van der Waals surface area contributed by atoms with Crippen molar-refractivity contribution in [2.45, 2.75) is 51.2 Å². The van der Waals surface area contributed by atoms with Crippen LogP contribution in [0.4, 0.5) is 5.82 Å². The number of para-hydroxylation sites is 1. The van der Waals surface area contributed by atoms with Gasteiger partial charge in [0.2, 0.25) is 0 Å². The average molecular weight is 374 g/mol. The Morgan fingerprint density at radius 1 is 1.04 bits per heavy atom. The van der Waals surface area contributed by atoms with E-state index in [1.54, 1.807) is 0 Å². The molecule has 2 aromatic carbocycles. The summed E-state index contributed by atoms with van der Waals surface area (Å²) < 4.78 is 5.66. The maximum atomic E-state index is 6.22. The first kappa shape index (κ1) is 17.4. The van der Waals surface area contributed by atoms with E-state index in [1.165, 1.54) is 36.8 Å². The van der Waals surface area contributed by atoms with Gasteiger partial charge in [-0.15, -0.1) is 0 Å². The minimum absolute atomic E-state index is 0.571. The molecular formula is C23H26N4O. The normalized spacial score (nSPS) is 16.6. The molecule has 28 heavy (non-hydrogen) atoms. The molecule has 2 aliphatic rings. The van der Waals surface area contributed by atoms with Crippen LogP contribution in [-0.4, -0.2) is 27.5 Å². The van der Waals surface area contributed by atoms with Crippen LogP contribution in [0.15, 0.2) is 42.5 Å². The van der Waals surface area contributed by atoms with Crippen LogP contribution >= 0.6 is 0 Å². The number of fused-ring (bicyclic) bond motifs is 2. The third-order valence-corrected chi connectivity index (χ3v) is 6.00. The fraction of sp³-hybridized carbons (Fsp3) is 0.391. The summed E-state index contributed by atoms with van der Waals surface area (Å²) in [5.41, 5.74) is 9.81. The SMILES string of the molecule is Nc1nc(CN(Cc2ccc3c(c2)CCO3)C2CCCC2)nc2ccccc12. The predicted molar refractivity (Wildman–Crippen MR) is 111 cm³/mol. The van der Waals surface area contributed by atoms with Crippen molar-refractivity contribution in [2.24, 2.45) is 0 Å². The summed E-state index contributed by atoms with van der Waals surface area (Å²) in [5.74, 6) is 2.43. The van der Waals surface area contributed by atoms with Crippen LogP contribution in [0.1, 0.15) is 42.6 Å². The molecule has 144 valence electrons. The van der Waals surface area contributed by atoms with Crippen LogP contribution in [0.3, 0.4) is 0 Å². The van der Waals surface area contributed by atoms with Crippen molar-refractivity contribution >= 4 is 16.7 Å². The molecule has 5 nitrogen and oxygen atoms in total. The molecule has 5 heteroatoms. The zero-order chi connectivity index (χ0) is 18.9. The molecule has 0 radical (unpaired) electrons. The summed E-state index contributed by atoms with van der Waals surface area (Å²) in [6.45, 7) is 2.44. The summed E-state index contributed by atoms with van der Waals surface area (Å²) in [6.07, 6.45) is 6.12. The zero-order valence-corrected chi connectivity index (χ0v) is 16.1. The first-order valence-corrected chi connectivity index (χ1v) is 10.3. The number of hydrogen-bond donors (Lipinski definition) is 1. The van der Waals surface area contributed by atoms with Crippen molar-refractivity contribution in [1.29, 1.82) is 0 Å². The van der Waals surface area contributed by atoms with Gasteiger partial charge in [-0.25, -0.2) is 9.97 Å². The zero-order valence-electron chi connectivity index (χ0n) is 16.1. The Morgan fingerprint density at radius 2 is 1.89 bits per heavy atom. The Balaban J connectivity index is 1.42. The number of nitrogen functional groups attached to an aromatic ring is 1. The summed E-state index contributed by atoms with van der Waals surface area (Å²) in [7, 11) is 0. The van der Waals surface area contributed by atoms with Gasteiger partial charge in [-0.05, 0) is 42.2 Å². The van der Waals surface area contributed by atoms with E-state index < -0.39 is 0 Å². The number of ether oxygens (including phenoxy) is 1. The molecule has 0 saturated heterocycles. The highest BCUT2D eigenvalue weighted by molar-refractivity contribution is 5.87. The van der Waals surface area contributed by atoms with Gasteiger partial charge in [0.05, 0.1) is 18.7 Å². The highest BCUT2D eigenvalue weighted by Crippen LogP contribution is 2.30. The smallest absolute Gasteiger partial charge is 0.145 e. The van der Waals surface area contributed by atoms with Gasteiger partial charge in [-0.3, -0.25) is 4.90 Å². The Kier molecular flexibility index (Phi) is 4.61. The maximum absolute atomic E-state index is 6.22. The van der Waals surface area contributed by atoms with E-state index in [2.05, 4.69) is 28.1 Å². The van der Waals surface area contributed by atoms with Crippen LogP contribution in [0.2, 0.25) is 0 Å². The Bertz CT molecular complexity index is 997. The van der Waals surface area contributed by atoms with Crippen LogP contribution in [0.25, 0.3) is 10.9 Å². The number of benzene rings is 2. The van der Waals surface area contributed by atoms with Crippen molar-refractivity contribution in [1.82, 2.24) is 14.9 Å². The van der Waals surface area contributed by atoms with Crippen molar-refractivity contribution < 1.29 is 4.74 Å². The number of aromatic nitrogens is 2. The monoisotopic (exact) mass is 374 g/mol. The van der Waals surface area contributed by atoms with Gasteiger partial charge in [-0.1, -0.05) is 37.1 Å².